The molecule has 1 aromatic carbocycles. The van der Waals surface area contributed by atoms with Crippen molar-refractivity contribution in [3.8, 4) is 5.75 Å². The van der Waals surface area contributed by atoms with Crippen molar-refractivity contribution < 1.29 is 23.8 Å². The van der Waals surface area contributed by atoms with E-state index in [-0.39, 0.29) is 41.7 Å². The summed E-state index contributed by atoms with van der Waals surface area (Å²) in [7, 11) is 1.57. The summed E-state index contributed by atoms with van der Waals surface area (Å²) in [6, 6.07) is 2.67. The second-order valence-electron chi connectivity index (χ2n) is 6.99. The Morgan fingerprint density at radius 2 is 2.04 bits per heavy atom. The number of rotatable bonds is 4. The number of benzene rings is 1. The Morgan fingerprint density at radius 3 is 2.61 bits per heavy atom. The van der Waals surface area contributed by atoms with Gasteiger partial charge in [-0.05, 0) is 25.0 Å². The maximum atomic E-state index is 14.8. The molecule has 0 unspecified atom stereocenters. The molecule has 0 amide bonds. The molecular formula is C18H21ClFN3O5. The fourth-order valence-corrected chi connectivity index (χ4v) is 3.64. The zero-order chi connectivity index (χ0) is 19.3. The molecule has 1 aromatic heterocycles. The predicted molar refractivity (Wildman–Crippen MR) is 103 cm³/mol. The van der Waals surface area contributed by atoms with Gasteiger partial charge in [0.2, 0.25) is 5.43 Å². The van der Waals surface area contributed by atoms with Gasteiger partial charge in [0.05, 0.1) is 34.9 Å². The average molecular weight is 414 g/mol. The summed E-state index contributed by atoms with van der Waals surface area (Å²) in [4.78, 5) is 25.2. The van der Waals surface area contributed by atoms with Gasteiger partial charge in [0.1, 0.15) is 5.82 Å². The van der Waals surface area contributed by atoms with Crippen LogP contribution in [0.2, 0.25) is 0 Å². The molecule has 1 saturated heterocycles. The van der Waals surface area contributed by atoms with Crippen LogP contribution in [-0.4, -0.2) is 48.2 Å². The van der Waals surface area contributed by atoms with Gasteiger partial charge in [0, 0.05) is 26.2 Å². The zero-order valence-electron chi connectivity index (χ0n) is 15.1. The molecule has 2 aliphatic rings. The summed E-state index contributed by atoms with van der Waals surface area (Å²) in [6.45, 7) is 0.892. The Kier molecular flexibility index (Phi) is 5.51. The normalized spacial score (nSPS) is 21.6. The van der Waals surface area contributed by atoms with Gasteiger partial charge in [-0.1, -0.05) is 0 Å². The zero-order valence-corrected chi connectivity index (χ0v) is 15.9. The van der Waals surface area contributed by atoms with E-state index >= 15 is 0 Å². The summed E-state index contributed by atoms with van der Waals surface area (Å²) < 4.78 is 26.5. The van der Waals surface area contributed by atoms with Crippen molar-refractivity contribution in [3.05, 3.63) is 34.4 Å². The number of hydrogen-bond donors (Lipinski definition) is 2. The number of anilines is 1. The van der Waals surface area contributed by atoms with Crippen LogP contribution in [0.15, 0.2) is 23.1 Å². The molecule has 2 heterocycles. The Hall–Kier alpha value is -2.36. The fourth-order valence-electron chi connectivity index (χ4n) is 3.64. The predicted octanol–water partition coefficient (Wildman–Crippen LogP) is 2.12. The van der Waals surface area contributed by atoms with Crippen LogP contribution in [0.3, 0.4) is 0 Å². The third-order valence-corrected chi connectivity index (χ3v) is 5.16. The van der Waals surface area contributed by atoms with Gasteiger partial charge in [-0.15, -0.1) is 12.4 Å². The van der Waals surface area contributed by atoms with E-state index in [1.54, 1.807) is 22.6 Å². The lowest BCUT2D eigenvalue weighted by molar-refractivity contribution is 0.108. The van der Waals surface area contributed by atoms with E-state index in [9.17, 15) is 14.0 Å². The molecule has 0 spiro atoms. The number of carboxylic acid groups (broad SMARTS) is 1. The van der Waals surface area contributed by atoms with E-state index in [4.69, 9.17) is 15.6 Å². The Bertz CT molecular complexity index is 978. The lowest BCUT2D eigenvalue weighted by Crippen LogP contribution is -2.34. The number of carbonyl (C=O) groups is 1. The van der Waals surface area contributed by atoms with Gasteiger partial charge in [-0.3, -0.25) is 4.79 Å². The summed E-state index contributed by atoms with van der Waals surface area (Å²) in [6.07, 6.45) is 1.42. The first kappa shape index (κ1) is 20.4. The van der Waals surface area contributed by atoms with Gasteiger partial charge in [-0.2, -0.15) is 0 Å². The summed E-state index contributed by atoms with van der Waals surface area (Å²) >= 11 is 0. The van der Waals surface area contributed by atoms with E-state index in [2.05, 4.69) is 4.74 Å². The van der Waals surface area contributed by atoms with E-state index < -0.39 is 17.4 Å². The Morgan fingerprint density at radius 1 is 1.32 bits per heavy atom. The molecular weight excluding hydrogens is 393 g/mol. The minimum absolute atomic E-state index is 0. The first-order chi connectivity index (χ1) is 12.9. The SMILES string of the molecule is CO[C@H]1CN(c2cc3c(cc2F)c(=O)c(OC(=O)O)cn3C2CC2)C[C@@H]1N.Cl. The van der Waals surface area contributed by atoms with Crippen LogP contribution >= 0.6 is 12.4 Å². The molecule has 1 saturated carbocycles. The lowest BCUT2D eigenvalue weighted by Gasteiger charge is -2.21. The molecule has 1 aliphatic heterocycles. The molecule has 0 radical (unpaired) electrons. The minimum atomic E-state index is -1.58. The average Bonchev–Trinajstić information content (AvgIpc) is 3.39. The van der Waals surface area contributed by atoms with Crippen molar-refractivity contribution in [1.29, 1.82) is 0 Å². The van der Waals surface area contributed by atoms with Crippen molar-refractivity contribution >= 4 is 35.2 Å². The summed E-state index contributed by atoms with van der Waals surface area (Å²) in [5.41, 5.74) is 6.28. The van der Waals surface area contributed by atoms with Gasteiger partial charge in [0.15, 0.2) is 5.75 Å². The van der Waals surface area contributed by atoms with Crippen LogP contribution < -0.4 is 20.8 Å². The van der Waals surface area contributed by atoms with Crippen molar-refractivity contribution in [2.24, 2.45) is 5.73 Å². The van der Waals surface area contributed by atoms with Crippen molar-refractivity contribution in [2.75, 3.05) is 25.1 Å². The molecule has 10 heteroatoms. The van der Waals surface area contributed by atoms with Gasteiger partial charge in [-0.25, -0.2) is 9.18 Å². The minimum Gasteiger partial charge on any atom is -0.449 e. The smallest absolute Gasteiger partial charge is 0.449 e. The van der Waals surface area contributed by atoms with Gasteiger partial charge < -0.3 is 29.8 Å². The highest BCUT2D eigenvalue weighted by Crippen LogP contribution is 2.39. The maximum Gasteiger partial charge on any atom is 0.511 e. The quantitative estimate of drug-likeness (QED) is 0.739. The standard InChI is InChI=1S/C18H20FN3O5.ClH/c1-26-15-7-21(6-12(15)20)14-5-13-10(4-11(14)19)17(23)16(27-18(24)25)8-22(13)9-2-3-9;/h4-5,8-9,12,15H,2-3,6-7,20H2,1H3,(H,24,25);1H/t12-,15-;/m0./s1. The summed E-state index contributed by atoms with van der Waals surface area (Å²) in [5, 5.41) is 8.94. The molecule has 3 N–H and O–H groups in total. The molecule has 2 aromatic rings. The maximum absolute atomic E-state index is 14.8. The highest BCUT2D eigenvalue weighted by Gasteiger charge is 2.33. The van der Waals surface area contributed by atoms with Gasteiger partial charge in [0.25, 0.3) is 0 Å². The number of halogens is 2. The topological polar surface area (TPSA) is 107 Å². The highest BCUT2D eigenvalue weighted by atomic mass is 35.5. The van der Waals surface area contributed by atoms with E-state index in [1.807, 2.05) is 0 Å². The third kappa shape index (κ3) is 3.52. The molecule has 2 fully saturated rings. The molecule has 8 nitrogen and oxygen atoms in total. The largest absolute Gasteiger partial charge is 0.511 e. The number of aromatic nitrogens is 1. The van der Waals surface area contributed by atoms with E-state index in [0.717, 1.165) is 18.9 Å². The third-order valence-electron chi connectivity index (χ3n) is 5.16. The number of ether oxygens (including phenoxy) is 2. The molecule has 28 heavy (non-hydrogen) atoms. The Labute approximate surface area is 166 Å². The second-order valence-corrected chi connectivity index (χ2v) is 6.99. The fraction of sp³-hybridized carbons (Fsp3) is 0.444. The lowest BCUT2D eigenvalue weighted by atomic mass is 10.1. The number of nitrogens with zero attached hydrogens (tertiary/aromatic N) is 2. The number of hydrogen-bond acceptors (Lipinski definition) is 6. The number of fused-ring (bicyclic) bond motifs is 1. The van der Waals surface area contributed by atoms with Crippen molar-refractivity contribution in [2.45, 2.75) is 31.0 Å². The van der Waals surface area contributed by atoms with Crippen molar-refractivity contribution in [1.82, 2.24) is 4.57 Å². The highest BCUT2D eigenvalue weighted by molar-refractivity contribution is 5.85. The van der Waals surface area contributed by atoms with Crippen LogP contribution in [0, 0.1) is 5.82 Å². The molecule has 2 atom stereocenters. The number of methoxy groups -OCH3 is 1. The van der Waals surface area contributed by atoms with Crippen LogP contribution in [0.5, 0.6) is 5.75 Å². The molecule has 4 rings (SSSR count). The van der Waals surface area contributed by atoms with Crippen LogP contribution in [0.1, 0.15) is 18.9 Å². The molecule has 1 aliphatic carbocycles. The van der Waals surface area contributed by atoms with Crippen LogP contribution in [0.4, 0.5) is 14.9 Å². The second kappa shape index (κ2) is 7.57. The van der Waals surface area contributed by atoms with Crippen molar-refractivity contribution in [3.63, 3.8) is 0 Å². The van der Waals surface area contributed by atoms with Crippen LogP contribution in [-0.2, 0) is 4.74 Å². The monoisotopic (exact) mass is 413 g/mol. The molecule has 0 bridgehead atoms. The number of pyridine rings is 1. The first-order valence-corrected chi connectivity index (χ1v) is 8.71. The first-order valence-electron chi connectivity index (χ1n) is 8.71. The Balaban J connectivity index is 0.00000225. The van der Waals surface area contributed by atoms with E-state index in [0.29, 0.717) is 24.3 Å². The number of nitrogens with two attached hydrogens (primary N) is 1. The molecule has 152 valence electrons. The summed E-state index contributed by atoms with van der Waals surface area (Å²) in [5.74, 6) is -0.893. The van der Waals surface area contributed by atoms with Gasteiger partial charge >= 0.3 is 6.16 Å². The van der Waals surface area contributed by atoms with Crippen LogP contribution in [0.25, 0.3) is 10.9 Å². The van der Waals surface area contributed by atoms with E-state index in [1.165, 1.54) is 6.20 Å².